The lowest BCUT2D eigenvalue weighted by atomic mass is 9.86. The van der Waals surface area contributed by atoms with Crippen molar-refractivity contribution >= 4 is 17.4 Å². The van der Waals surface area contributed by atoms with Crippen molar-refractivity contribution in [3.63, 3.8) is 0 Å². The summed E-state index contributed by atoms with van der Waals surface area (Å²) in [7, 11) is 5.43. The van der Waals surface area contributed by atoms with Crippen molar-refractivity contribution in [2.75, 3.05) is 26.1 Å². The van der Waals surface area contributed by atoms with Crippen LogP contribution in [-0.2, 0) is 0 Å². The van der Waals surface area contributed by atoms with Crippen LogP contribution in [0.4, 0.5) is 14.5 Å². The maximum absolute atomic E-state index is 13.7. The van der Waals surface area contributed by atoms with Crippen LogP contribution >= 0.6 is 0 Å². The van der Waals surface area contributed by atoms with Gasteiger partial charge in [-0.1, -0.05) is 0 Å². The number of hydrogen-bond donors (Lipinski definition) is 0. The first-order chi connectivity index (χ1) is 15.9. The Morgan fingerprint density at radius 3 is 2.70 bits per heavy atom. The van der Waals surface area contributed by atoms with Crippen LogP contribution in [0.1, 0.15) is 59.8 Å². The molecule has 0 unspecified atom stereocenters. The molecule has 1 amide bonds. The zero-order valence-corrected chi connectivity index (χ0v) is 18.8. The van der Waals surface area contributed by atoms with Gasteiger partial charge >= 0.3 is 0 Å². The number of aromatic nitrogens is 4. The number of benzene rings is 1. The molecule has 33 heavy (non-hydrogen) atoms. The molecule has 2 fully saturated rings. The third-order valence-electron chi connectivity index (χ3n) is 6.87. The Morgan fingerprint density at radius 2 is 1.97 bits per heavy atom. The van der Waals surface area contributed by atoms with Gasteiger partial charge < -0.3 is 14.5 Å². The third kappa shape index (κ3) is 3.57. The van der Waals surface area contributed by atoms with Gasteiger partial charge in [-0.3, -0.25) is 4.79 Å². The highest BCUT2D eigenvalue weighted by Gasteiger charge is 2.46. The first-order valence-electron chi connectivity index (χ1n) is 11.1. The Balaban J connectivity index is 1.51. The molecule has 2 aliphatic rings. The second kappa shape index (κ2) is 8.24. The molecule has 10 heteroatoms. The Hall–Kier alpha value is -3.30. The largest absolute Gasteiger partial charge is 0.495 e. The summed E-state index contributed by atoms with van der Waals surface area (Å²) in [6.07, 6.45) is 1.93. The van der Waals surface area contributed by atoms with Crippen LogP contribution in [-0.4, -0.2) is 63.7 Å². The molecule has 4 heterocycles. The number of methoxy groups -OCH3 is 1. The number of fused-ring (bicyclic) bond motifs is 3. The minimum absolute atomic E-state index is 0.0613. The van der Waals surface area contributed by atoms with Crippen LogP contribution in [0.15, 0.2) is 30.6 Å². The monoisotopic (exact) mass is 456 g/mol. The smallest absolute Gasteiger partial charge is 0.280 e. The van der Waals surface area contributed by atoms with Gasteiger partial charge in [-0.05, 0) is 49.9 Å². The molecule has 0 saturated carbocycles. The topological polar surface area (TPSA) is 75.9 Å². The first kappa shape index (κ1) is 21.5. The molecule has 0 aliphatic carbocycles. The maximum Gasteiger partial charge on any atom is 0.280 e. The minimum atomic E-state index is -2.70. The van der Waals surface area contributed by atoms with Crippen molar-refractivity contribution in [3.05, 3.63) is 47.5 Å². The van der Waals surface area contributed by atoms with Gasteiger partial charge in [-0.25, -0.2) is 18.3 Å². The highest BCUT2D eigenvalue weighted by molar-refractivity contribution is 5.96. The number of amides is 1. The van der Waals surface area contributed by atoms with Gasteiger partial charge in [0.1, 0.15) is 17.8 Å². The summed E-state index contributed by atoms with van der Waals surface area (Å²) >= 11 is 0. The highest BCUT2D eigenvalue weighted by Crippen LogP contribution is 2.45. The number of carbonyl (C=O) groups is 1. The molecular formula is C23H26F2N6O2. The molecule has 2 saturated heterocycles. The molecule has 174 valence electrons. The minimum Gasteiger partial charge on any atom is -0.495 e. The van der Waals surface area contributed by atoms with E-state index in [1.165, 1.54) is 16.9 Å². The van der Waals surface area contributed by atoms with Crippen molar-refractivity contribution in [1.29, 1.82) is 0 Å². The van der Waals surface area contributed by atoms with Crippen LogP contribution in [0.2, 0.25) is 0 Å². The lowest BCUT2D eigenvalue weighted by Gasteiger charge is -2.40. The van der Waals surface area contributed by atoms with E-state index in [1.54, 1.807) is 13.2 Å². The van der Waals surface area contributed by atoms with E-state index in [2.05, 4.69) is 15.1 Å². The Labute approximate surface area is 190 Å². The van der Waals surface area contributed by atoms with Gasteiger partial charge in [-0.15, -0.1) is 0 Å². The number of anilines is 1. The molecule has 2 aliphatic heterocycles. The van der Waals surface area contributed by atoms with E-state index in [-0.39, 0.29) is 35.4 Å². The fourth-order valence-electron chi connectivity index (χ4n) is 5.38. The molecule has 5 rings (SSSR count). The SMILES string of the molecule is COc1cc(C(=O)N2[C@H]3CC[C@H](c4cc(C(F)F)nc5ncnn45)[C@@H]2CC3)ccc1N(C)C. The van der Waals surface area contributed by atoms with Gasteiger partial charge in [0.25, 0.3) is 18.1 Å². The number of piperidine rings is 1. The highest BCUT2D eigenvalue weighted by atomic mass is 19.3. The molecule has 3 atom stereocenters. The fraction of sp³-hybridized carbons (Fsp3) is 0.478. The second-order valence-corrected chi connectivity index (χ2v) is 8.85. The van der Waals surface area contributed by atoms with Crippen LogP contribution in [0, 0.1) is 0 Å². The first-order valence-corrected chi connectivity index (χ1v) is 11.1. The molecule has 0 spiro atoms. The lowest BCUT2D eigenvalue weighted by molar-refractivity contribution is 0.0553. The number of ether oxygens (including phenoxy) is 1. The Morgan fingerprint density at radius 1 is 1.18 bits per heavy atom. The van der Waals surface area contributed by atoms with E-state index < -0.39 is 6.43 Å². The summed E-state index contributed by atoms with van der Waals surface area (Å²) in [5.41, 5.74) is 1.77. The number of hydrogen-bond acceptors (Lipinski definition) is 6. The normalized spacial score (nSPS) is 22.2. The average Bonchev–Trinajstić information content (AvgIpc) is 3.40. The van der Waals surface area contributed by atoms with E-state index in [0.717, 1.165) is 31.4 Å². The summed E-state index contributed by atoms with van der Waals surface area (Å²) in [5, 5.41) is 4.23. The Kier molecular flexibility index (Phi) is 5.38. The number of rotatable bonds is 5. The van der Waals surface area contributed by atoms with E-state index in [1.807, 2.05) is 36.0 Å². The van der Waals surface area contributed by atoms with Crippen molar-refractivity contribution in [1.82, 2.24) is 24.5 Å². The number of alkyl halides is 2. The maximum atomic E-state index is 13.7. The van der Waals surface area contributed by atoms with Crippen LogP contribution in [0.5, 0.6) is 5.75 Å². The average molecular weight is 456 g/mol. The van der Waals surface area contributed by atoms with Gasteiger partial charge in [-0.2, -0.15) is 10.1 Å². The number of halogens is 2. The summed E-state index contributed by atoms with van der Waals surface area (Å²) in [6.45, 7) is 0. The summed E-state index contributed by atoms with van der Waals surface area (Å²) in [4.78, 5) is 25.5. The van der Waals surface area contributed by atoms with Crippen molar-refractivity contribution in [2.24, 2.45) is 0 Å². The van der Waals surface area contributed by atoms with Gasteiger partial charge in [0, 0.05) is 37.7 Å². The second-order valence-electron chi connectivity index (χ2n) is 8.85. The molecule has 2 aromatic heterocycles. The number of carbonyl (C=O) groups excluding carboxylic acids is 1. The predicted octanol–water partition coefficient (Wildman–Crippen LogP) is 3.69. The molecular weight excluding hydrogens is 430 g/mol. The quantitative estimate of drug-likeness (QED) is 0.583. The molecule has 2 bridgehead atoms. The Bertz CT molecular complexity index is 1200. The molecule has 0 radical (unpaired) electrons. The summed E-state index contributed by atoms with van der Waals surface area (Å²) < 4.78 is 34.1. The third-order valence-corrected chi connectivity index (χ3v) is 6.87. The van der Waals surface area contributed by atoms with Gasteiger partial charge in [0.05, 0.1) is 18.5 Å². The van der Waals surface area contributed by atoms with E-state index in [9.17, 15) is 13.6 Å². The summed E-state index contributed by atoms with van der Waals surface area (Å²) in [5.74, 6) is 0.603. The standard InChI is InChI=1S/C23H26F2N6O2/c1-29(2)18-8-4-13(10-20(18)33-3)22(32)30-14-5-7-15(17(30)9-6-14)19-11-16(21(24)25)28-23-26-12-27-31(19)23/h4,8,10-12,14-15,17,21H,5-7,9H2,1-3H3/t14-,15-,17-/m0/s1. The zero-order chi connectivity index (χ0) is 23.3. The van der Waals surface area contributed by atoms with Gasteiger partial charge in [0.2, 0.25) is 0 Å². The van der Waals surface area contributed by atoms with Crippen molar-refractivity contribution in [2.45, 2.75) is 50.1 Å². The summed E-state index contributed by atoms with van der Waals surface area (Å²) in [6, 6.07) is 6.94. The van der Waals surface area contributed by atoms with E-state index in [0.29, 0.717) is 17.0 Å². The van der Waals surface area contributed by atoms with Gasteiger partial charge in [0.15, 0.2) is 0 Å². The molecule has 8 nitrogen and oxygen atoms in total. The number of nitrogens with zero attached hydrogens (tertiary/aromatic N) is 6. The van der Waals surface area contributed by atoms with E-state index >= 15 is 0 Å². The molecule has 0 N–H and O–H groups in total. The van der Waals surface area contributed by atoms with Crippen molar-refractivity contribution < 1.29 is 18.3 Å². The van der Waals surface area contributed by atoms with Crippen LogP contribution in [0.3, 0.4) is 0 Å². The fourth-order valence-corrected chi connectivity index (χ4v) is 5.38. The lowest BCUT2D eigenvalue weighted by Crippen LogP contribution is -2.47. The molecule has 3 aromatic rings. The van der Waals surface area contributed by atoms with Crippen LogP contribution < -0.4 is 9.64 Å². The zero-order valence-electron chi connectivity index (χ0n) is 18.8. The van der Waals surface area contributed by atoms with E-state index in [4.69, 9.17) is 4.74 Å². The predicted molar refractivity (Wildman–Crippen MR) is 118 cm³/mol. The molecule has 1 aromatic carbocycles. The van der Waals surface area contributed by atoms with Crippen LogP contribution in [0.25, 0.3) is 5.78 Å². The van der Waals surface area contributed by atoms with Crippen molar-refractivity contribution in [3.8, 4) is 5.75 Å².